The maximum Gasteiger partial charge on any atom is 0.324 e. The molecule has 5 aromatic rings. The topological polar surface area (TPSA) is 175 Å². The molecule has 4 amide bonds. The van der Waals surface area contributed by atoms with E-state index in [1.54, 1.807) is 18.4 Å². The highest BCUT2D eigenvalue weighted by molar-refractivity contribution is 7.83. The lowest BCUT2D eigenvalue weighted by molar-refractivity contribution is -0.155. The molecule has 0 radical (unpaired) electrons. The van der Waals surface area contributed by atoms with Gasteiger partial charge in [-0.05, 0) is 165 Å². The first-order valence-corrected chi connectivity index (χ1v) is 35.1. The van der Waals surface area contributed by atoms with Gasteiger partial charge in [-0.3, -0.25) is 34.0 Å². The lowest BCUT2D eigenvalue weighted by atomic mass is 9.83. The van der Waals surface area contributed by atoms with Gasteiger partial charge < -0.3 is 28.8 Å². The summed E-state index contributed by atoms with van der Waals surface area (Å²) >= 11 is 0. The fourth-order valence-corrected chi connectivity index (χ4v) is 17.8. The first-order valence-electron chi connectivity index (χ1n) is 31.4. The number of aryl methyl sites for hydroxylation is 2. The first-order chi connectivity index (χ1) is 40.7. The van der Waals surface area contributed by atoms with Gasteiger partial charge in [0.2, 0.25) is 26.0 Å². The molecule has 85 heavy (non-hydrogen) atoms. The summed E-state index contributed by atoms with van der Waals surface area (Å²) in [5.74, 6) is -1.08. The van der Waals surface area contributed by atoms with Crippen LogP contribution in [-0.4, -0.2) is 135 Å². The Kier molecular flexibility index (Phi) is 18.6. The summed E-state index contributed by atoms with van der Waals surface area (Å²) in [4.78, 5) is 82.6. The Morgan fingerprint density at radius 3 is 2.29 bits per heavy atom. The number of carbonyl (C=O) groups excluding carboxylic acids is 5. The second kappa shape index (κ2) is 25.6. The van der Waals surface area contributed by atoms with Crippen molar-refractivity contribution >= 4 is 59.8 Å². The molecule has 4 fully saturated rings. The highest BCUT2D eigenvalue weighted by Crippen LogP contribution is 2.49. The number of likely N-dealkylation sites (N-methyl/N-ethyl adjacent to an activating group) is 2. The summed E-state index contributed by atoms with van der Waals surface area (Å²) in [7, 11) is -0.580. The van der Waals surface area contributed by atoms with Crippen LogP contribution in [0.2, 0.25) is 18.1 Å². The standard InChI is InChI=1S/C67H90N8O8SSi/c1-12-73-56-31-28-47-38-52(56)53(61(73)51-22-18-32-68-58(51)42(5)6)39-67(8,9)41-82-66(80)54-23-19-33-74(70-54)64(78)55(36-44-34-48(47)37-49(35-44)83-85(13-2,14-3)15-4)69-63(77)60(45-20-16-17-21-45)72(11)57(76)40-71(10)65(79)62-59(46-26-27-46)75(62)84(81)50-29-24-43(7)25-30-50/h18,22,24-25,28-32,34-35,37-38,42,45-46,54-55,59-60,62,70H,12-17,19-21,23,26-27,33,36,39-41H2,1-11H3,(H,69,77)/t54-,55-,59+,60-,62+,75?,84+/m0/s1. The fraction of sp³-hybridized carbons (Fsp3) is 0.552. The third-order valence-electron chi connectivity index (χ3n) is 19.0. The molecule has 5 aliphatic rings. The van der Waals surface area contributed by atoms with E-state index in [-0.39, 0.29) is 49.3 Å². The van der Waals surface area contributed by atoms with Gasteiger partial charge in [0.25, 0.3) is 5.91 Å². The summed E-state index contributed by atoms with van der Waals surface area (Å²) in [5.41, 5.74) is 11.9. The molecule has 2 N–H and O–H groups in total. The van der Waals surface area contributed by atoms with Crippen molar-refractivity contribution in [2.75, 3.05) is 33.8 Å². The minimum atomic E-state index is -2.26. The van der Waals surface area contributed by atoms with E-state index in [9.17, 15) is 18.6 Å². The van der Waals surface area contributed by atoms with Crippen LogP contribution >= 0.6 is 0 Å². The van der Waals surface area contributed by atoms with Gasteiger partial charge in [0.15, 0.2) is 0 Å². The molecule has 16 nitrogen and oxygen atoms in total. The van der Waals surface area contributed by atoms with E-state index < -0.39 is 72.6 Å². The normalized spacial score (nSPS) is 22.6. The average Bonchev–Trinajstić information content (AvgIpc) is 1.79. The fourth-order valence-electron chi connectivity index (χ4n) is 13.7. The van der Waals surface area contributed by atoms with Crippen LogP contribution < -0.4 is 15.2 Å². The van der Waals surface area contributed by atoms with E-state index in [2.05, 4.69) is 107 Å². The molecule has 18 heteroatoms. The van der Waals surface area contributed by atoms with Crippen LogP contribution in [0.1, 0.15) is 135 Å². The molecule has 5 heterocycles. The number of esters is 1. The number of hydrogen-bond donors (Lipinski definition) is 2. The summed E-state index contributed by atoms with van der Waals surface area (Å²) < 4.78 is 31.6. The number of benzene rings is 3. The number of hydrazine groups is 1. The Balaban J connectivity index is 1.02. The van der Waals surface area contributed by atoms with Gasteiger partial charge in [0.1, 0.15) is 40.9 Å². The Bertz CT molecular complexity index is 3320. The molecule has 2 saturated carbocycles. The van der Waals surface area contributed by atoms with Crippen LogP contribution in [0.3, 0.4) is 0 Å². The largest absolute Gasteiger partial charge is 0.543 e. The maximum absolute atomic E-state index is 15.4. The second-order valence-corrected chi connectivity index (χ2v) is 32.1. The Labute approximate surface area is 506 Å². The highest BCUT2D eigenvalue weighted by atomic mass is 32.2. The number of hydrogen-bond acceptors (Lipinski definition) is 10. The number of ether oxygens (including phenoxy) is 1. The third kappa shape index (κ3) is 13.1. The molecule has 1 unspecified atom stereocenters. The van der Waals surface area contributed by atoms with Crippen molar-refractivity contribution in [3.8, 4) is 28.1 Å². The smallest absolute Gasteiger partial charge is 0.324 e. The summed E-state index contributed by atoms with van der Waals surface area (Å²) in [6.45, 7) is 20.2. The van der Waals surface area contributed by atoms with Crippen molar-refractivity contribution in [1.29, 1.82) is 0 Å². The average molecular weight is 1200 g/mol. The second-order valence-electron chi connectivity index (χ2n) is 26.0. The summed E-state index contributed by atoms with van der Waals surface area (Å²) in [5, 5.41) is 5.79. The predicted molar refractivity (Wildman–Crippen MR) is 336 cm³/mol. The summed E-state index contributed by atoms with van der Waals surface area (Å²) in [6, 6.07) is 23.7. The molecule has 10 rings (SSSR count). The van der Waals surface area contributed by atoms with E-state index in [1.807, 2.05) is 49.5 Å². The minimum absolute atomic E-state index is 0.0777. The van der Waals surface area contributed by atoms with Gasteiger partial charge in [0, 0.05) is 61.7 Å². The lowest BCUT2D eigenvalue weighted by Crippen LogP contribution is -2.62. The van der Waals surface area contributed by atoms with Crippen molar-refractivity contribution < 1.29 is 37.3 Å². The number of pyridine rings is 1. The van der Waals surface area contributed by atoms with Crippen LogP contribution in [0.5, 0.6) is 5.75 Å². The van der Waals surface area contributed by atoms with Crippen molar-refractivity contribution in [2.24, 2.45) is 17.3 Å². The third-order valence-corrected chi connectivity index (χ3v) is 25.1. The SMILES string of the molecule is CCn1c(-c2cccnc2C(C)C)c2c3cc(ccc31)-c1cc(cc(O[Si](CC)(CC)CC)c1)C[C@H](NC(=O)[C@H](C1CCCC1)N(C)C(=O)CN(C)C(=O)[C@H]1[C@@H](C3CC3)N1[S@](=O)c1ccc(C)cc1)C(=O)N1CCC[C@H](N1)C(=O)OCC(C)(C)C2. The molecule has 2 aromatic heterocycles. The number of nitrogens with zero attached hydrogens (tertiary/aromatic N) is 6. The van der Waals surface area contributed by atoms with Crippen molar-refractivity contribution in [3.05, 3.63) is 101 Å². The van der Waals surface area contributed by atoms with E-state index >= 15 is 9.59 Å². The van der Waals surface area contributed by atoms with Gasteiger partial charge in [-0.15, -0.1) is 0 Å². The highest BCUT2D eigenvalue weighted by Gasteiger charge is 2.62. The molecule has 2 saturated heterocycles. The predicted octanol–water partition coefficient (Wildman–Crippen LogP) is 10.5. The monoisotopic (exact) mass is 1190 g/mol. The molecule has 3 aliphatic heterocycles. The number of amides is 4. The zero-order valence-corrected chi connectivity index (χ0v) is 53.8. The zero-order valence-electron chi connectivity index (χ0n) is 52.0. The molecule has 2 aliphatic carbocycles. The van der Waals surface area contributed by atoms with Crippen LogP contribution in [0.15, 0.2) is 83.9 Å². The van der Waals surface area contributed by atoms with Crippen LogP contribution in [-0.2, 0) is 59.1 Å². The number of nitrogens with one attached hydrogen (secondary N) is 2. The number of aromatic nitrogens is 2. The van der Waals surface area contributed by atoms with Crippen LogP contribution in [0.25, 0.3) is 33.3 Å². The van der Waals surface area contributed by atoms with Gasteiger partial charge >= 0.3 is 5.97 Å². The Morgan fingerprint density at radius 2 is 1.62 bits per heavy atom. The number of rotatable bonds is 18. The maximum atomic E-state index is 15.4. The van der Waals surface area contributed by atoms with Gasteiger partial charge in [-0.25, -0.2) is 13.9 Å². The zero-order chi connectivity index (χ0) is 60.6. The van der Waals surface area contributed by atoms with E-state index in [1.165, 1.54) is 14.8 Å². The molecular weight excluding hydrogens is 1100 g/mol. The van der Waals surface area contributed by atoms with Crippen molar-refractivity contribution in [1.82, 2.24) is 39.4 Å². The van der Waals surface area contributed by atoms with Crippen molar-refractivity contribution in [3.63, 3.8) is 0 Å². The van der Waals surface area contributed by atoms with E-state index in [4.69, 9.17) is 14.1 Å². The number of fused-ring (bicyclic) bond motifs is 6. The van der Waals surface area contributed by atoms with Crippen molar-refractivity contribution in [2.45, 2.75) is 192 Å². The first kappa shape index (κ1) is 61.9. The molecule has 7 atom stereocenters. The van der Waals surface area contributed by atoms with Gasteiger partial charge in [0.05, 0.1) is 35.5 Å². The van der Waals surface area contributed by atoms with E-state index in [0.717, 1.165) is 99.5 Å². The lowest BCUT2D eigenvalue weighted by Gasteiger charge is -2.37. The minimum Gasteiger partial charge on any atom is -0.543 e. The quantitative estimate of drug-likeness (QED) is 0.0488. The van der Waals surface area contributed by atoms with Crippen LogP contribution in [0.4, 0.5) is 0 Å². The van der Waals surface area contributed by atoms with Gasteiger partial charge in [-0.1, -0.05) is 91.1 Å². The molecule has 6 bridgehead atoms. The van der Waals surface area contributed by atoms with Crippen LogP contribution in [0, 0.1) is 24.2 Å². The Hall–Kier alpha value is -6.21. The molecule has 0 spiro atoms. The molecular formula is C67H90N8O8SSi. The molecule has 3 aromatic carbocycles. The molecule has 456 valence electrons. The number of cyclic esters (lactones) is 1. The summed E-state index contributed by atoms with van der Waals surface area (Å²) in [6.07, 6.45) is 8.62. The number of carbonyl (C=O) groups is 5. The Morgan fingerprint density at radius 1 is 0.906 bits per heavy atom. The van der Waals surface area contributed by atoms with Gasteiger partial charge in [-0.2, -0.15) is 0 Å². The van der Waals surface area contributed by atoms with E-state index in [0.29, 0.717) is 55.8 Å².